The molecule has 9 rings (SSSR count). The van der Waals surface area contributed by atoms with Crippen molar-refractivity contribution in [2.24, 2.45) is 0 Å². The first-order valence-corrected chi connectivity index (χ1v) is 38.3. The highest BCUT2D eigenvalue weighted by atomic mass is 32.2. The molecule has 0 amide bonds. The molecular formula is C85H96O25S. The summed E-state index contributed by atoms with van der Waals surface area (Å²) in [6, 6.07) is 54.8. The molecule has 2 fully saturated rings. The Bertz CT molecular complexity index is 3870. The molecule has 0 N–H and O–H groups in total. The molecule has 0 aliphatic carbocycles. The van der Waals surface area contributed by atoms with Crippen molar-refractivity contribution < 1.29 is 119 Å². The number of hydrogen-bond donors (Lipinski definition) is 0. The third-order valence-corrected chi connectivity index (χ3v) is 18.3. The number of esters is 7. The van der Waals surface area contributed by atoms with Gasteiger partial charge in [0.2, 0.25) is 0 Å². The van der Waals surface area contributed by atoms with Crippen molar-refractivity contribution in [3.63, 3.8) is 0 Å². The van der Waals surface area contributed by atoms with Gasteiger partial charge in [0.1, 0.15) is 31.5 Å². The number of carbonyl (C=O) groups is 8. The van der Waals surface area contributed by atoms with Crippen LogP contribution in [0.15, 0.2) is 212 Å². The Balaban J connectivity index is 0.913. The van der Waals surface area contributed by atoms with Gasteiger partial charge in [-0.05, 0) is 97.8 Å². The van der Waals surface area contributed by atoms with E-state index in [1.165, 1.54) is 129 Å². The average molecular weight is 1550 g/mol. The minimum atomic E-state index is -2.10. The Labute approximate surface area is 650 Å². The minimum absolute atomic E-state index is 0.000664. The summed E-state index contributed by atoms with van der Waals surface area (Å²) in [5.41, 5.74) is 0.321. The zero-order valence-electron chi connectivity index (χ0n) is 62.1. The van der Waals surface area contributed by atoms with E-state index >= 15 is 0 Å². The maximum Gasteiger partial charge on any atom is 0.338 e. The van der Waals surface area contributed by atoms with Gasteiger partial charge in [-0.1, -0.05) is 178 Å². The molecule has 7 aromatic rings. The van der Waals surface area contributed by atoms with Crippen LogP contribution in [0.1, 0.15) is 131 Å². The first-order chi connectivity index (χ1) is 54.4. The Kier molecular flexibility index (Phi) is 37.7. The van der Waals surface area contributed by atoms with Crippen LogP contribution in [0.3, 0.4) is 0 Å². The lowest BCUT2D eigenvalue weighted by Crippen LogP contribution is -2.67. The second-order valence-electron chi connectivity index (χ2n) is 25.5. The Hall–Kier alpha value is -9.55. The molecule has 2 aliphatic rings. The molecule has 2 aliphatic heterocycles. The summed E-state index contributed by atoms with van der Waals surface area (Å²) in [7, 11) is 0. The number of unbranched alkanes of at least 4 members (excludes halogenated alkanes) is 7. The van der Waals surface area contributed by atoms with Gasteiger partial charge in [0.25, 0.3) is 0 Å². The number of ether oxygens (including phenoxy) is 17. The fourth-order valence-corrected chi connectivity index (χ4v) is 12.4. The van der Waals surface area contributed by atoms with Crippen LogP contribution in [-0.4, -0.2) is 213 Å². The lowest BCUT2D eigenvalue weighted by Gasteiger charge is -2.48. The zero-order chi connectivity index (χ0) is 77.9. The molecule has 0 bridgehead atoms. The predicted molar refractivity (Wildman–Crippen MR) is 405 cm³/mol. The van der Waals surface area contributed by atoms with Crippen LogP contribution in [0.2, 0.25) is 0 Å². The van der Waals surface area contributed by atoms with Crippen LogP contribution in [0.5, 0.6) is 0 Å². The monoisotopic (exact) mass is 1550 g/mol. The molecule has 0 unspecified atom stereocenters. The molecule has 0 spiro atoms. The van der Waals surface area contributed by atoms with Crippen molar-refractivity contribution in [2.75, 3.05) is 105 Å². The van der Waals surface area contributed by atoms with Crippen molar-refractivity contribution in [3.05, 3.63) is 251 Å². The molecule has 111 heavy (non-hydrogen) atoms. The molecular weight excluding hydrogens is 1450 g/mol. The van der Waals surface area contributed by atoms with Gasteiger partial charge in [0, 0.05) is 19.3 Å². The highest BCUT2D eigenvalue weighted by molar-refractivity contribution is 8.13. The van der Waals surface area contributed by atoms with E-state index in [9.17, 15) is 38.4 Å². The summed E-state index contributed by atoms with van der Waals surface area (Å²) in [5, 5.41) is 0.191. The van der Waals surface area contributed by atoms with Gasteiger partial charge in [-0.2, -0.15) is 0 Å². The van der Waals surface area contributed by atoms with E-state index in [-0.39, 0.29) is 83.7 Å². The fraction of sp³-hybridized carbons (Fsp3) is 0.412. The van der Waals surface area contributed by atoms with E-state index in [1.807, 2.05) is 0 Å². The second-order valence-corrected chi connectivity index (χ2v) is 26.8. The topological polar surface area (TPSA) is 293 Å². The van der Waals surface area contributed by atoms with Crippen LogP contribution in [0.25, 0.3) is 0 Å². The second kappa shape index (κ2) is 49.0. The molecule has 0 saturated carbocycles. The standard InChI is InChI=1S/C85H96O25S/c1-61(86)111-58-30-7-5-3-2-4-6-29-45-94-46-47-95-48-49-96-50-51-97-52-53-98-54-55-99-56-57-100-84-75(108-82(92)67-41-25-13-26-42-67)74(107-81(91)66-39-23-12-24-40-66)72(70(103-84)60-102-78(88)63-33-17-9-18-34-63)110-85-76(109-83(93)68-43-27-14-28-44-68)73(106-80(90)65-37-21-11-22-38-65)71(105-79(89)64-35-19-10-20-36-64)69(104-85)59-101-77(87)62-31-15-8-16-32-62/h8-28,31-44,69-76,84-85H,2-7,29-30,45-60H2,1H3/t69-,70-,71+,72-,73+,74+,75-,76-,84-,85+/m1/s1. The number of thioether (sulfide) groups is 1. The van der Waals surface area contributed by atoms with E-state index in [2.05, 4.69) is 0 Å². The molecule has 7 aromatic carbocycles. The maximum atomic E-state index is 14.9. The van der Waals surface area contributed by atoms with Crippen molar-refractivity contribution in [1.82, 2.24) is 0 Å². The fourth-order valence-electron chi connectivity index (χ4n) is 11.7. The van der Waals surface area contributed by atoms with Gasteiger partial charge >= 0.3 is 41.8 Å². The van der Waals surface area contributed by atoms with Gasteiger partial charge in [-0.15, -0.1) is 0 Å². The quantitative estimate of drug-likeness (QED) is 0.0194. The lowest BCUT2D eigenvalue weighted by molar-refractivity contribution is -0.356. The SMILES string of the molecule is CC(=O)SCCCCCCCCCCOCCOCCOCCOCCOCCOCCO[C@@H]1O[C@H](COC(=O)c2ccccc2)[C@@H](O[C@@H]2O[C@H](COC(=O)c3ccccc3)[C@H](OC(=O)c3ccccc3)[C@H](OC(=O)c3ccccc3)[C@H]2OC(=O)c2ccccc2)[C@H](OC(=O)c2ccccc2)[C@H]1OC(=O)c1ccccc1. The van der Waals surface area contributed by atoms with Gasteiger partial charge in [-0.3, -0.25) is 4.79 Å². The van der Waals surface area contributed by atoms with Gasteiger partial charge in [0.15, 0.2) is 48.2 Å². The largest absolute Gasteiger partial charge is 0.459 e. The molecule has 2 heterocycles. The van der Waals surface area contributed by atoms with E-state index in [4.69, 9.17) is 80.5 Å². The summed E-state index contributed by atoms with van der Waals surface area (Å²) in [6.45, 7) is 3.86. The maximum absolute atomic E-state index is 14.9. The molecule has 26 heteroatoms. The summed E-state index contributed by atoms with van der Waals surface area (Å²) in [6.07, 6.45) is -9.22. The number of rotatable bonds is 48. The Morgan fingerprint density at radius 2 is 0.541 bits per heavy atom. The summed E-state index contributed by atoms with van der Waals surface area (Å²) >= 11 is 1.41. The Morgan fingerprint density at radius 3 is 0.892 bits per heavy atom. The van der Waals surface area contributed by atoms with Crippen LogP contribution in [-0.2, 0) is 85.3 Å². The summed E-state index contributed by atoms with van der Waals surface area (Å²) in [5.74, 6) is -5.73. The van der Waals surface area contributed by atoms with Gasteiger partial charge < -0.3 is 80.5 Å². The molecule has 592 valence electrons. The van der Waals surface area contributed by atoms with Crippen LogP contribution < -0.4 is 0 Å². The van der Waals surface area contributed by atoms with Crippen molar-refractivity contribution in [3.8, 4) is 0 Å². The van der Waals surface area contributed by atoms with E-state index in [1.54, 1.807) is 134 Å². The van der Waals surface area contributed by atoms with Crippen LogP contribution in [0, 0.1) is 0 Å². The first-order valence-electron chi connectivity index (χ1n) is 37.3. The van der Waals surface area contributed by atoms with E-state index in [0.29, 0.717) is 46.2 Å². The highest BCUT2D eigenvalue weighted by Gasteiger charge is 2.58. The van der Waals surface area contributed by atoms with E-state index < -0.39 is 116 Å². The smallest absolute Gasteiger partial charge is 0.338 e. The normalized spacial score (nSPS) is 19.4. The Morgan fingerprint density at radius 1 is 0.279 bits per heavy atom. The number of carbonyl (C=O) groups excluding carboxylic acids is 8. The van der Waals surface area contributed by atoms with Crippen molar-refractivity contribution in [1.29, 1.82) is 0 Å². The highest BCUT2D eigenvalue weighted by Crippen LogP contribution is 2.38. The molecule has 0 radical (unpaired) electrons. The van der Waals surface area contributed by atoms with Crippen LogP contribution >= 0.6 is 11.8 Å². The number of hydrogen-bond acceptors (Lipinski definition) is 26. The van der Waals surface area contributed by atoms with Gasteiger partial charge in [0.05, 0.1) is 118 Å². The third-order valence-electron chi connectivity index (χ3n) is 17.4. The number of benzene rings is 7. The zero-order valence-corrected chi connectivity index (χ0v) is 62.9. The average Bonchev–Trinajstić information content (AvgIpc) is 0.761. The van der Waals surface area contributed by atoms with Crippen molar-refractivity contribution >= 4 is 58.7 Å². The van der Waals surface area contributed by atoms with Crippen molar-refractivity contribution in [2.45, 2.75) is 120 Å². The van der Waals surface area contributed by atoms with Gasteiger partial charge in [-0.25, -0.2) is 33.6 Å². The first kappa shape index (κ1) is 85.5. The minimum Gasteiger partial charge on any atom is -0.459 e. The third kappa shape index (κ3) is 29.6. The molecule has 0 aromatic heterocycles. The van der Waals surface area contributed by atoms with E-state index in [0.717, 1.165) is 25.0 Å². The lowest BCUT2D eigenvalue weighted by atomic mass is 9.95. The summed E-state index contributed by atoms with van der Waals surface area (Å²) in [4.78, 5) is 113. The van der Waals surface area contributed by atoms with Crippen LogP contribution in [0.4, 0.5) is 0 Å². The molecule has 10 atom stereocenters. The summed E-state index contributed by atoms with van der Waals surface area (Å²) < 4.78 is 105. The predicted octanol–water partition coefficient (Wildman–Crippen LogP) is 12.2. The molecule has 2 saturated heterocycles. The molecule has 25 nitrogen and oxygen atoms in total.